The van der Waals surface area contributed by atoms with Crippen molar-refractivity contribution in [3.8, 4) is 0 Å². The van der Waals surface area contributed by atoms with Crippen LogP contribution < -0.4 is 5.73 Å². The molecule has 2 rings (SSSR count). The molecule has 0 spiro atoms. The molecule has 1 fully saturated rings. The standard InChI is InChI=1S/C17H30N2S/c1-4-6-14-7-10-19(11-8-14)16(15(18)5-2)17-13(3)9-12-20-17/h9,12,14-16H,4-8,10-11,18H2,1-3H3. The van der Waals surface area contributed by atoms with Crippen molar-refractivity contribution in [2.24, 2.45) is 11.7 Å². The van der Waals surface area contributed by atoms with Crippen molar-refractivity contribution in [3.05, 3.63) is 21.9 Å². The molecule has 0 aliphatic carbocycles. The highest BCUT2D eigenvalue weighted by Crippen LogP contribution is 2.35. The molecule has 2 nitrogen and oxygen atoms in total. The molecule has 20 heavy (non-hydrogen) atoms. The highest BCUT2D eigenvalue weighted by Gasteiger charge is 2.30. The van der Waals surface area contributed by atoms with Crippen LogP contribution in [0.4, 0.5) is 0 Å². The fourth-order valence-corrected chi connectivity index (χ4v) is 4.61. The third-order valence-electron chi connectivity index (χ3n) is 4.79. The zero-order valence-electron chi connectivity index (χ0n) is 13.3. The number of nitrogens with two attached hydrogens (primary N) is 1. The van der Waals surface area contributed by atoms with E-state index in [2.05, 4.69) is 37.1 Å². The largest absolute Gasteiger partial charge is 0.326 e. The van der Waals surface area contributed by atoms with Gasteiger partial charge in [0, 0.05) is 10.9 Å². The van der Waals surface area contributed by atoms with Gasteiger partial charge in [-0.2, -0.15) is 0 Å². The van der Waals surface area contributed by atoms with Gasteiger partial charge in [-0.1, -0.05) is 26.7 Å². The molecule has 1 aromatic rings. The number of hydrogen-bond donors (Lipinski definition) is 1. The monoisotopic (exact) mass is 294 g/mol. The van der Waals surface area contributed by atoms with Gasteiger partial charge in [-0.3, -0.25) is 4.90 Å². The maximum atomic E-state index is 6.47. The second-order valence-corrected chi connectivity index (χ2v) is 7.20. The molecule has 2 N–H and O–H groups in total. The van der Waals surface area contributed by atoms with Gasteiger partial charge in [0.25, 0.3) is 0 Å². The van der Waals surface area contributed by atoms with Gasteiger partial charge in [0.05, 0.1) is 6.04 Å². The van der Waals surface area contributed by atoms with Crippen LogP contribution in [0.25, 0.3) is 0 Å². The SMILES string of the molecule is CCCC1CCN(C(c2sccc2C)C(N)CC)CC1. The zero-order valence-corrected chi connectivity index (χ0v) is 14.1. The lowest BCUT2D eigenvalue weighted by atomic mass is 9.90. The molecule has 0 saturated carbocycles. The number of aryl methyl sites for hydroxylation is 1. The Kier molecular flexibility index (Phi) is 6.06. The Morgan fingerprint density at radius 3 is 2.55 bits per heavy atom. The van der Waals surface area contributed by atoms with Crippen molar-refractivity contribution < 1.29 is 0 Å². The second kappa shape index (κ2) is 7.58. The average Bonchev–Trinajstić information content (AvgIpc) is 2.87. The molecule has 2 unspecified atom stereocenters. The van der Waals surface area contributed by atoms with Gasteiger partial charge in [0.15, 0.2) is 0 Å². The maximum absolute atomic E-state index is 6.47. The van der Waals surface area contributed by atoms with E-state index in [0.717, 1.165) is 12.3 Å². The highest BCUT2D eigenvalue weighted by molar-refractivity contribution is 7.10. The van der Waals surface area contributed by atoms with Crippen molar-refractivity contribution in [2.75, 3.05) is 13.1 Å². The van der Waals surface area contributed by atoms with E-state index in [1.165, 1.54) is 49.2 Å². The molecule has 0 radical (unpaired) electrons. The Labute approximate surface area is 128 Å². The maximum Gasteiger partial charge on any atom is 0.0596 e. The van der Waals surface area contributed by atoms with Crippen molar-refractivity contribution >= 4 is 11.3 Å². The Balaban J connectivity index is 2.07. The van der Waals surface area contributed by atoms with Crippen molar-refractivity contribution in [1.82, 2.24) is 4.90 Å². The van der Waals surface area contributed by atoms with Gasteiger partial charge < -0.3 is 5.73 Å². The van der Waals surface area contributed by atoms with E-state index >= 15 is 0 Å². The number of thiophene rings is 1. The van der Waals surface area contributed by atoms with Crippen LogP contribution in [0, 0.1) is 12.8 Å². The van der Waals surface area contributed by atoms with Gasteiger partial charge in [-0.25, -0.2) is 0 Å². The number of piperidine rings is 1. The molecule has 114 valence electrons. The molecule has 0 amide bonds. The van der Waals surface area contributed by atoms with E-state index in [9.17, 15) is 0 Å². The molecular weight excluding hydrogens is 264 g/mol. The van der Waals surface area contributed by atoms with Crippen LogP contribution in [0.3, 0.4) is 0 Å². The lowest BCUT2D eigenvalue weighted by Gasteiger charge is -2.40. The summed E-state index contributed by atoms with van der Waals surface area (Å²) in [5.74, 6) is 0.944. The summed E-state index contributed by atoms with van der Waals surface area (Å²) < 4.78 is 0. The van der Waals surface area contributed by atoms with Crippen LogP contribution in [-0.4, -0.2) is 24.0 Å². The molecule has 2 atom stereocenters. The molecule has 0 aromatic carbocycles. The minimum Gasteiger partial charge on any atom is -0.326 e. The fourth-order valence-electron chi connectivity index (χ4n) is 3.47. The fraction of sp³-hybridized carbons (Fsp3) is 0.765. The van der Waals surface area contributed by atoms with Crippen LogP contribution >= 0.6 is 11.3 Å². The average molecular weight is 295 g/mol. The minimum absolute atomic E-state index is 0.259. The number of nitrogens with zero attached hydrogens (tertiary/aromatic N) is 1. The van der Waals surface area contributed by atoms with Gasteiger partial charge in [-0.05, 0) is 62.2 Å². The van der Waals surface area contributed by atoms with E-state index in [1.807, 2.05) is 11.3 Å². The lowest BCUT2D eigenvalue weighted by molar-refractivity contribution is 0.113. The van der Waals surface area contributed by atoms with Crippen LogP contribution in [0.2, 0.25) is 0 Å². The summed E-state index contributed by atoms with van der Waals surface area (Å²) in [7, 11) is 0. The Hall–Kier alpha value is -0.380. The first kappa shape index (κ1) is 16.0. The first-order chi connectivity index (χ1) is 9.67. The van der Waals surface area contributed by atoms with E-state index in [4.69, 9.17) is 5.73 Å². The molecular formula is C17H30N2S. The number of likely N-dealkylation sites (tertiary alicyclic amines) is 1. The Morgan fingerprint density at radius 2 is 2.05 bits per heavy atom. The quantitative estimate of drug-likeness (QED) is 0.845. The first-order valence-corrected chi connectivity index (χ1v) is 9.08. The first-order valence-electron chi connectivity index (χ1n) is 8.21. The third-order valence-corrected chi connectivity index (χ3v) is 5.88. The summed E-state index contributed by atoms with van der Waals surface area (Å²) in [6.45, 7) is 9.19. The number of rotatable bonds is 6. The van der Waals surface area contributed by atoms with E-state index < -0.39 is 0 Å². The smallest absolute Gasteiger partial charge is 0.0596 e. The number of hydrogen-bond acceptors (Lipinski definition) is 3. The van der Waals surface area contributed by atoms with Crippen molar-refractivity contribution in [1.29, 1.82) is 0 Å². The Morgan fingerprint density at radius 1 is 1.35 bits per heavy atom. The predicted octanol–water partition coefficient (Wildman–Crippen LogP) is 4.35. The van der Waals surface area contributed by atoms with Gasteiger partial charge in [0.1, 0.15) is 0 Å². The summed E-state index contributed by atoms with van der Waals surface area (Å²) >= 11 is 1.88. The summed E-state index contributed by atoms with van der Waals surface area (Å²) in [4.78, 5) is 4.15. The molecule has 3 heteroatoms. The molecule has 0 bridgehead atoms. The Bertz CT molecular complexity index is 393. The van der Waals surface area contributed by atoms with Crippen LogP contribution in [0.1, 0.15) is 62.4 Å². The van der Waals surface area contributed by atoms with Crippen LogP contribution in [0.5, 0.6) is 0 Å². The summed E-state index contributed by atoms with van der Waals surface area (Å²) in [6.07, 6.45) is 6.48. The molecule has 1 saturated heterocycles. The highest BCUT2D eigenvalue weighted by atomic mass is 32.1. The molecule has 1 aromatic heterocycles. The van der Waals surface area contributed by atoms with E-state index in [-0.39, 0.29) is 6.04 Å². The summed E-state index contributed by atoms with van der Waals surface area (Å²) in [5.41, 5.74) is 7.88. The molecule has 1 aliphatic heterocycles. The lowest BCUT2D eigenvalue weighted by Crippen LogP contribution is -2.44. The minimum atomic E-state index is 0.259. The molecule has 1 aliphatic rings. The van der Waals surface area contributed by atoms with Crippen LogP contribution in [0.15, 0.2) is 11.4 Å². The van der Waals surface area contributed by atoms with E-state index in [0.29, 0.717) is 6.04 Å². The van der Waals surface area contributed by atoms with E-state index in [1.54, 1.807) is 0 Å². The topological polar surface area (TPSA) is 29.3 Å². The third kappa shape index (κ3) is 3.63. The second-order valence-electron chi connectivity index (χ2n) is 6.25. The van der Waals surface area contributed by atoms with Gasteiger partial charge in [-0.15, -0.1) is 11.3 Å². The van der Waals surface area contributed by atoms with Crippen molar-refractivity contribution in [3.63, 3.8) is 0 Å². The van der Waals surface area contributed by atoms with Gasteiger partial charge in [0.2, 0.25) is 0 Å². The van der Waals surface area contributed by atoms with Crippen LogP contribution in [-0.2, 0) is 0 Å². The zero-order chi connectivity index (χ0) is 14.5. The summed E-state index contributed by atoms with van der Waals surface area (Å²) in [5, 5.41) is 2.21. The molecule has 2 heterocycles. The predicted molar refractivity (Wildman–Crippen MR) is 89.3 cm³/mol. The summed E-state index contributed by atoms with van der Waals surface area (Å²) in [6, 6.07) is 2.93. The normalized spacial score (nSPS) is 21.0. The van der Waals surface area contributed by atoms with Crippen molar-refractivity contribution in [2.45, 2.75) is 65.0 Å². The van der Waals surface area contributed by atoms with Gasteiger partial charge >= 0.3 is 0 Å².